The van der Waals surface area contributed by atoms with Crippen LogP contribution in [0.25, 0.3) is 0 Å². The minimum atomic E-state index is -6.13. The highest BCUT2D eigenvalue weighted by Gasteiger charge is 2.47. The molecule has 7 aromatic rings. The monoisotopic (exact) mass is 1170 g/mol. The summed E-state index contributed by atoms with van der Waals surface area (Å²) in [5.41, 5.74) is -28.5. The second-order valence-electron chi connectivity index (χ2n) is 17.5. The minimum Gasteiger partial charge on any atom is -0.289 e. The summed E-state index contributed by atoms with van der Waals surface area (Å²) in [5.74, 6) is -0.100. The lowest BCUT2D eigenvalue weighted by atomic mass is 9.12. The van der Waals surface area contributed by atoms with Crippen molar-refractivity contribution in [2.75, 3.05) is 0 Å². The first-order valence-electron chi connectivity index (χ1n) is 22.0. The van der Waals surface area contributed by atoms with Gasteiger partial charge >= 0.3 is 49.4 Å². The Morgan fingerprint density at radius 2 is 0.550 bits per heavy atom. The van der Waals surface area contributed by atoms with Crippen molar-refractivity contribution in [1.29, 1.82) is 0 Å². The number of alkyl halides is 24. The quantitative estimate of drug-likeness (QED) is 0.0625. The van der Waals surface area contributed by atoms with Gasteiger partial charge in [0.05, 0.1) is 44.5 Å². The highest BCUT2D eigenvalue weighted by molar-refractivity contribution is 7.20. The van der Waals surface area contributed by atoms with Crippen LogP contribution in [0.5, 0.6) is 0 Å². The van der Waals surface area contributed by atoms with Gasteiger partial charge in [-0.15, -0.1) is 0 Å². The van der Waals surface area contributed by atoms with Crippen LogP contribution in [0.3, 0.4) is 0 Å². The Labute approximate surface area is 433 Å². The number of carbonyl (C=O) groups excluding carboxylic acids is 2. The van der Waals surface area contributed by atoms with E-state index in [-0.39, 0.29) is 18.1 Å². The van der Waals surface area contributed by atoms with Crippen LogP contribution >= 0.6 is 0 Å². The first-order valence-corrected chi connectivity index (χ1v) is 22.0. The lowest BCUT2D eigenvalue weighted by Crippen LogP contribution is -2.75. The summed E-state index contributed by atoms with van der Waals surface area (Å²) < 4.78 is 343. The number of benzene rings is 6. The molecule has 0 unspecified atom stereocenters. The fourth-order valence-electron chi connectivity index (χ4n) is 8.46. The SMILES string of the molecule is FC(F)(F)c1cc([B-](c2cc(C(F)(F)F)cc(C(F)(F)F)c2)(c2cc(C(F)(F)F)cc(C(F)(F)F)c2)c2cc(C(F)(F)F)cc(C(F)(F)F)c2)cc(C(F)(F)F)c1.O=C(C[n+]1ccccc1)c1cccc(C(=O)c2ccccc2)c1. The van der Waals surface area contributed by atoms with E-state index in [2.05, 4.69) is 0 Å². The van der Waals surface area contributed by atoms with Gasteiger partial charge in [0, 0.05) is 28.8 Å². The number of hydrogen-bond acceptors (Lipinski definition) is 2. The first kappa shape index (κ1) is 61.4. The van der Waals surface area contributed by atoms with Gasteiger partial charge in [0.15, 0.2) is 18.2 Å². The summed E-state index contributed by atoms with van der Waals surface area (Å²) in [5, 5.41) is 0. The summed E-state index contributed by atoms with van der Waals surface area (Å²) >= 11 is 0. The molecular weight excluding hydrogens is 1140 g/mol. The van der Waals surface area contributed by atoms with E-state index in [1.807, 2.05) is 53.4 Å². The predicted octanol–water partition coefficient (Wildman–Crippen LogP) is 14.3. The van der Waals surface area contributed by atoms with E-state index in [0.29, 0.717) is 16.7 Å². The third-order valence-electron chi connectivity index (χ3n) is 12.0. The molecule has 0 saturated carbocycles. The topological polar surface area (TPSA) is 38.0 Å². The van der Waals surface area contributed by atoms with Gasteiger partial charge in [0.1, 0.15) is 6.15 Å². The average Bonchev–Trinajstić information content (AvgIpc) is 3.49. The number of aromatic nitrogens is 1. The van der Waals surface area contributed by atoms with Gasteiger partial charge in [0.2, 0.25) is 12.3 Å². The molecule has 424 valence electrons. The van der Waals surface area contributed by atoms with Crippen molar-refractivity contribution in [2.45, 2.75) is 56.0 Å². The molecule has 1 aromatic heterocycles. The summed E-state index contributed by atoms with van der Waals surface area (Å²) in [7, 11) is 0. The number of ketones is 2. The van der Waals surface area contributed by atoms with E-state index in [9.17, 15) is 115 Å². The number of carbonyl (C=O) groups is 2. The van der Waals surface area contributed by atoms with Crippen LogP contribution < -0.4 is 26.4 Å². The maximum atomic E-state index is 14.2. The van der Waals surface area contributed by atoms with Gasteiger partial charge in [-0.25, -0.2) is 0 Å². The van der Waals surface area contributed by atoms with Crippen molar-refractivity contribution in [3.8, 4) is 0 Å². The van der Waals surface area contributed by atoms with Crippen LogP contribution in [0.2, 0.25) is 0 Å². The smallest absolute Gasteiger partial charge is 0.289 e. The first-order chi connectivity index (χ1) is 36.5. The predicted molar refractivity (Wildman–Crippen MR) is 237 cm³/mol. The molecule has 80 heavy (non-hydrogen) atoms. The molecule has 0 aliphatic rings. The van der Waals surface area contributed by atoms with Gasteiger partial charge < -0.3 is 0 Å². The van der Waals surface area contributed by atoms with Crippen LogP contribution in [0.1, 0.15) is 70.8 Å². The van der Waals surface area contributed by atoms with E-state index in [1.165, 1.54) is 0 Å². The zero-order valence-corrected chi connectivity index (χ0v) is 39.1. The number of hydrogen-bond donors (Lipinski definition) is 0. The Morgan fingerprint density at radius 3 is 0.825 bits per heavy atom. The fraction of sp³-hybridized carbons (Fsp3) is 0.173. The second-order valence-corrected chi connectivity index (χ2v) is 17.5. The van der Waals surface area contributed by atoms with Crippen LogP contribution in [0, 0.1) is 0 Å². The molecule has 0 radical (unpaired) electrons. The maximum absolute atomic E-state index is 14.2. The van der Waals surface area contributed by atoms with Gasteiger partial charge in [-0.2, -0.15) is 132 Å². The zero-order valence-electron chi connectivity index (χ0n) is 39.1. The molecule has 0 amide bonds. The van der Waals surface area contributed by atoms with Crippen LogP contribution in [-0.2, 0) is 56.0 Å². The van der Waals surface area contributed by atoms with Crippen molar-refractivity contribution in [3.05, 3.63) is 219 Å². The van der Waals surface area contributed by atoms with Crippen LogP contribution in [0.4, 0.5) is 105 Å². The Morgan fingerprint density at radius 1 is 0.300 bits per heavy atom. The van der Waals surface area contributed by atoms with E-state index < -0.39 is 195 Å². The molecule has 28 heteroatoms. The highest BCUT2D eigenvalue weighted by Crippen LogP contribution is 2.41. The summed E-state index contributed by atoms with van der Waals surface area (Å²) in [6, 6.07) is 12.8. The molecule has 0 bridgehead atoms. The number of pyridine rings is 1. The molecule has 1 heterocycles. The van der Waals surface area contributed by atoms with Crippen molar-refractivity contribution < 1.29 is 120 Å². The number of halogens is 24. The molecule has 0 spiro atoms. The molecule has 0 N–H and O–H groups in total. The Hall–Kier alpha value is -7.81. The normalized spacial score (nSPS) is 13.2. The molecule has 0 saturated heterocycles. The molecular formula is C52H28BF24NO2. The van der Waals surface area contributed by atoms with Crippen LogP contribution in [-0.4, -0.2) is 17.7 Å². The Bertz CT molecular complexity index is 2950. The number of Topliss-reactive ketones (excluding diaryl/α,β-unsaturated/α-hetero) is 1. The molecule has 0 aliphatic carbocycles. The summed E-state index contributed by atoms with van der Waals surface area (Å²) in [6.45, 7) is 0.254. The maximum Gasteiger partial charge on any atom is 0.416 e. The van der Waals surface area contributed by atoms with E-state index >= 15 is 0 Å². The molecule has 6 aromatic carbocycles. The van der Waals surface area contributed by atoms with Crippen molar-refractivity contribution in [2.24, 2.45) is 0 Å². The van der Waals surface area contributed by atoms with Gasteiger partial charge in [-0.3, -0.25) is 9.59 Å². The average molecular weight is 1170 g/mol. The number of rotatable bonds is 9. The van der Waals surface area contributed by atoms with E-state index in [1.54, 1.807) is 36.4 Å². The molecule has 0 fully saturated rings. The Kier molecular flexibility index (Phi) is 16.6. The van der Waals surface area contributed by atoms with Gasteiger partial charge in [-0.05, 0) is 30.3 Å². The highest BCUT2D eigenvalue weighted by atomic mass is 19.4. The standard InChI is InChI=1S/C32H12BF24.C20H16NO2/c34-25(35,36)13-1-14(26(37,38)39)6-21(5-13)33(22-7-15(27(40,41)42)2-16(8-22)28(43,44)45,23-9-17(29(46,47)48)3-18(10-23)30(49,50)51)24-11-19(31(52,53)54)4-20(12-24)32(55,56)57;22-19(15-21-12-5-2-6-13-21)17-10-7-11-18(14-17)20(23)16-8-3-1-4-9-16/h1-12H;1-14H,15H2/q-1;+1. The molecule has 0 aliphatic heterocycles. The summed E-state index contributed by atoms with van der Waals surface area (Å²) in [6.07, 6.45) is -51.1. The largest absolute Gasteiger partial charge is 0.416 e. The summed E-state index contributed by atoms with van der Waals surface area (Å²) in [4.78, 5) is 24.9. The third kappa shape index (κ3) is 14.1. The lowest BCUT2D eigenvalue weighted by molar-refractivity contribution is -0.683. The molecule has 7 rings (SSSR count). The van der Waals surface area contributed by atoms with E-state index in [4.69, 9.17) is 0 Å². The lowest BCUT2D eigenvalue weighted by Gasteiger charge is -2.46. The molecule has 0 atom stereocenters. The zero-order chi connectivity index (χ0) is 60.0. The van der Waals surface area contributed by atoms with E-state index in [0.717, 1.165) is 0 Å². The van der Waals surface area contributed by atoms with Gasteiger partial charge in [0.25, 0.3) is 0 Å². The van der Waals surface area contributed by atoms with Crippen molar-refractivity contribution >= 4 is 39.6 Å². The van der Waals surface area contributed by atoms with Crippen molar-refractivity contribution in [1.82, 2.24) is 0 Å². The second kappa shape index (κ2) is 21.7. The minimum absolute atomic E-state index is 0.0242. The fourth-order valence-corrected chi connectivity index (χ4v) is 8.46. The van der Waals surface area contributed by atoms with Gasteiger partial charge in [-0.1, -0.05) is 103 Å². The Balaban J connectivity index is 0.000000370. The third-order valence-corrected chi connectivity index (χ3v) is 12.0. The van der Waals surface area contributed by atoms with Crippen molar-refractivity contribution in [3.63, 3.8) is 0 Å². The van der Waals surface area contributed by atoms with Crippen LogP contribution in [0.15, 0.2) is 158 Å². The number of nitrogens with zero attached hydrogens (tertiary/aromatic N) is 1. The molecule has 3 nitrogen and oxygen atoms in total.